The molecule has 2 aliphatic heterocycles. The van der Waals surface area contributed by atoms with E-state index in [1.807, 2.05) is 0 Å². The third-order valence-corrected chi connectivity index (χ3v) is 12.6. The van der Waals surface area contributed by atoms with Crippen molar-refractivity contribution in [3.63, 3.8) is 0 Å². The Labute approximate surface area is 377 Å². The molecule has 2 atom stereocenters. The summed E-state index contributed by atoms with van der Waals surface area (Å²) in [7, 11) is 11.8. The molecule has 7 aromatic rings. The zero-order valence-electron chi connectivity index (χ0n) is 37.8. The van der Waals surface area contributed by atoms with Gasteiger partial charge in [0.05, 0.1) is 89.4 Å². The quantitative estimate of drug-likeness (QED) is 0.155. The lowest BCUT2D eigenvalue weighted by molar-refractivity contribution is 0.240. The normalized spacial score (nSPS) is 15.2. The maximum Gasteiger partial charge on any atom is 0.348 e. The first-order valence-electron chi connectivity index (χ1n) is 20.9. The van der Waals surface area contributed by atoms with Crippen molar-refractivity contribution in [3.05, 3.63) is 128 Å². The van der Waals surface area contributed by atoms with E-state index in [-0.39, 0.29) is 73.2 Å². The standard InChI is InChI=1S/C44H46N10O13/c1-47-28-19-34(65-6)32(63-4)17-26(28)45-24(39(47)56)10-12-49-41(58)51-14-9-23-30(53(51)43(49)60)21-52-42(59)50(44(61)54(52)38(23)37-31(55)15-22(62-3)16-36(37)67-8)13-11-25-40(57)48(2)29-20-35(66-7)33(64-5)18-27(29)46-25/h9,15-20,30,38,55H,10-14,21H2,1-8H3/t30-,38-/m1/s1. The number of phenols is 1. The minimum Gasteiger partial charge on any atom is -0.507 e. The fraction of sp³-hybridized carbons (Fsp3) is 0.364. The Balaban J connectivity index is 1.13. The lowest BCUT2D eigenvalue weighted by Crippen LogP contribution is -2.47. The van der Waals surface area contributed by atoms with Gasteiger partial charge in [0.15, 0.2) is 23.0 Å². The number of nitrogens with zero attached hydrogens (tertiary/aromatic N) is 10. The summed E-state index contributed by atoms with van der Waals surface area (Å²) in [6, 6.07) is 7.05. The summed E-state index contributed by atoms with van der Waals surface area (Å²) >= 11 is 0. The molecule has 0 fully saturated rings. The maximum atomic E-state index is 14.7. The Morgan fingerprint density at radius 3 is 1.55 bits per heavy atom. The molecule has 0 saturated carbocycles. The fourth-order valence-corrected chi connectivity index (χ4v) is 9.22. The summed E-state index contributed by atoms with van der Waals surface area (Å²) in [6.07, 6.45) is 1.44. The molecule has 0 spiro atoms. The second kappa shape index (κ2) is 16.6. The van der Waals surface area contributed by atoms with Gasteiger partial charge in [0.25, 0.3) is 11.1 Å². The van der Waals surface area contributed by atoms with Crippen LogP contribution in [0.1, 0.15) is 29.0 Å². The van der Waals surface area contributed by atoms with E-state index in [4.69, 9.17) is 28.4 Å². The van der Waals surface area contributed by atoms with Crippen LogP contribution in [0, 0.1) is 0 Å². The molecule has 2 aliphatic rings. The molecule has 0 saturated heterocycles. The minimum absolute atomic E-state index is 0.0682. The van der Waals surface area contributed by atoms with E-state index in [9.17, 15) is 33.9 Å². The van der Waals surface area contributed by atoms with E-state index >= 15 is 0 Å². The Morgan fingerprint density at radius 2 is 1.06 bits per heavy atom. The molecular weight excluding hydrogens is 877 g/mol. The Morgan fingerprint density at radius 1 is 0.582 bits per heavy atom. The number of hydrogen-bond donors (Lipinski definition) is 1. The SMILES string of the molecule is COc1cc(O)c([C@H]2C3=CCn4c(=O)n(CCc5nc6cc(OC)c(OC)cc6n(C)c5=O)c(=O)n4[C@@H]3Cn3c(=O)n(CCc4nc5cc(OC)c(OC)cc5n(C)c4=O)c(=O)n32)c(OC)c1. The summed E-state index contributed by atoms with van der Waals surface area (Å²) in [5, 5.41) is 11.6. The summed E-state index contributed by atoms with van der Waals surface area (Å²) in [5.41, 5.74) is -1.47. The lowest BCUT2D eigenvalue weighted by Gasteiger charge is -2.38. The number of methoxy groups -OCH3 is 6. The van der Waals surface area contributed by atoms with Crippen LogP contribution in [-0.4, -0.2) is 94.7 Å². The van der Waals surface area contributed by atoms with Gasteiger partial charge in [0, 0.05) is 76.4 Å². The summed E-state index contributed by atoms with van der Waals surface area (Å²) in [5.74, 6) is 1.58. The number of phenolic OH excluding ortho intramolecular Hbond substituents is 1. The molecule has 1 N–H and O–H groups in total. The van der Waals surface area contributed by atoms with Crippen LogP contribution in [0.4, 0.5) is 0 Å². The number of allylic oxidation sites excluding steroid dienone is 2. The molecule has 0 aliphatic carbocycles. The molecule has 3 aromatic carbocycles. The Hall–Kier alpha value is -8.24. The van der Waals surface area contributed by atoms with Gasteiger partial charge in [0.2, 0.25) is 0 Å². The second-order valence-corrected chi connectivity index (χ2v) is 15.9. The molecule has 6 heterocycles. The zero-order valence-corrected chi connectivity index (χ0v) is 37.8. The number of aromatic nitrogens is 10. The molecule has 0 amide bonds. The predicted molar refractivity (Wildman–Crippen MR) is 240 cm³/mol. The van der Waals surface area contributed by atoms with Crippen molar-refractivity contribution in [2.45, 2.75) is 51.1 Å². The third kappa shape index (κ3) is 6.78. The van der Waals surface area contributed by atoms with Gasteiger partial charge in [-0.2, -0.15) is 0 Å². The first-order valence-corrected chi connectivity index (χ1v) is 20.9. The van der Waals surface area contributed by atoms with Crippen molar-refractivity contribution in [1.82, 2.24) is 47.0 Å². The average Bonchev–Trinajstić information content (AvgIpc) is 3.73. The van der Waals surface area contributed by atoms with Crippen molar-refractivity contribution in [1.29, 1.82) is 0 Å². The van der Waals surface area contributed by atoms with Crippen molar-refractivity contribution in [2.75, 3.05) is 42.7 Å². The van der Waals surface area contributed by atoms with E-state index in [1.165, 1.54) is 78.0 Å². The topological polar surface area (TPSA) is 243 Å². The highest BCUT2D eigenvalue weighted by Gasteiger charge is 2.43. The van der Waals surface area contributed by atoms with Crippen LogP contribution >= 0.6 is 0 Å². The van der Waals surface area contributed by atoms with Gasteiger partial charge < -0.3 is 42.7 Å². The number of ether oxygens (including phenoxy) is 6. The lowest BCUT2D eigenvalue weighted by atomic mass is 9.89. The van der Waals surface area contributed by atoms with Crippen molar-refractivity contribution >= 4 is 22.1 Å². The number of rotatable bonds is 13. The molecule has 9 rings (SSSR count). The molecule has 23 heteroatoms. The number of benzene rings is 3. The number of fused-ring (bicyclic) bond motifs is 6. The van der Waals surface area contributed by atoms with Gasteiger partial charge >= 0.3 is 22.8 Å². The van der Waals surface area contributed by atoms with Crippen LogP contribution in [-0.2, 0) is 53.1 Å². The summed E-state index contributed by atoms with van der Waals surface area (Å²) in [6.45, 7) is -0.930. The van der Waals surface area contributed by atoms with E-state index in [0.29, 0.717) is 50.6 Å². The Kier molecular flexibility index (Phi) is 10.9. The summed E-state index contributed by atoms with van der Waals surface area (Å²) in [4.78, 5) is 94.2. The van der Waals surface area contributed by atoms with Crippen LogP contribution in [0.15, 0.2) is 76.8 Å². The third-order valence-electron chi connectivity index (χ3n) is 12.6. The molecule has 0 unspecified atom stereocenters. The van der Waals surface area contributed by atoms with Crippen LogP contribution in [0.3, 0.4) is 0 Å². The van der Waals surface area contributed by atoms with Crippen LogP contribution in [0.25, 0.3) is 22.1 Å². The van der Waals surface area contributed by atoms with Gasteiger partial charge in [0.1, 0.15) is 34.7 Å². The largest absolute Gasteiger partial charge is 0.507 e. The van der Waals surface area contributed by atoms with Gasteiger partial charge in [-0.25, -0.2) is 57.0 Å². The highest BCUT2D eigenvalue weighted by molar-refractivity contribution is 5.80. The molecular formula is C44H46N10O13. The molecule has 0 radical (unpaired) electrons. The fourth-order valence-electron chi connectivity index (χ4n) is 9.22. The zero-order chi connectivity index (χ0) is 47.7. The molecule has 350 valence electrons. The molecule has 0 bridgehead atoms. The molecule has 67 heavy (non-hydrogen) atoms. The molecule has 4 aromatic heterocycles. The number of aryl methyl sites for hydroxylation is 4. The van der Waals surface area contributed by atoms with Crippen molar-refractivity contribution in [3.8, 4) is 40.2 Å². The smallest absolute Gasteiger partial charge is 0.348 e. The summed E-state index contributed by atoms with van der Waals surface area (Å²) < 4.78 is 42.3. The highest BCUT2D eigenvalue weighted by atomic mass is 16.5. The Bertz CT molecular complexity index is 3600. The van der Waals surface area contributed by atoms with Crippen molar-refractivity contribution < 1.29 is 33.5 Å². The van der Waals surface area contributed by atoms with Crippen LogP contribution in [0.5, 0.6) is 40.2 Å². The highest BCUT2D eigenvalue weighted by Crippen LogP contribution is 2.46. The van der Waals surface area contributed by atoms with E-state index < -0.39 is 46.0 Å². The number of aromatic hydroxyl groups is 1. The van der Waals surface area contributed by atoms with Crippen LogP contribution < -0.4 is 62.3 Å². The first kappa shape index (κ1) is 44.0. The van der Waals surface area contributed by atoms with Gasteiger partial charge in [-0.05, 0) is 5.57 Å². The minimum atomic E-state index is -1.25. The second-order valence-electron chi connectivity index (χ2n) is 15.9. The van der Waals surface area contributed by atoms with Crippen molar-refractivity contribution in [2.24, 2.45) is 14.1 Å². The van der Waals surface area contributed by atoms with Gasteiger partial charge in [-0.3, -0.25) is 9.59 Å². The van der Waals surface area contributed by atoms with E-state index in [0.717, 1.165) is 13.8 Å². The maximum absolute atomic E-state index is 14.7. The monoisotopic (exact) mass is 922 g/mol. The average molecular weight is 923 g/mol. The van der Waals surface area contributed by atoms with E-state index in [1.54, 1.807) is 44.4 Å². The van der Waals surface area contributed by atoms with Gasteiger partial charge in [-0.15, -0.1) is 0 Å². The number of hydrogen-bond acceptors (Lipinski definition) is 15. The van der Waals surface area contributed by atoms with Gasteiger partial charge in [-0.1, -0.05) is 6.08 Å². The predicted octanol–water partition coefficient (Wildman–Crippen LogP) is 0.457. The van der Waals surface area contributed by atoms with Crippen LogP contribution in [0.2, 0.25) is 0 Å². The molecule has 23 nitrogen and oxygen atoms in total. The first-order chi connectivity index (χ1) is 32.2. The van der Waals surface area contributed by atoms with E-state index in [2.05, 4.69) is 9.97 Å².